The summed E-state index contributed by atoms with van der Waals surface area (Å²) in [4.78, 5) is 14.0. The fourth-order valence-corrected chi connectivity index (χ4v) is 3.77. The van der Waals surface area contributed by atoms with Crippen LogP contribution >= 0.6 is 11.8 Å². The lowest BCUT2D eigenvalue weighted by Crippen LogP contribution is -2.34. The van der Waals surface area contributed by atoms with E-state index in [4.69, 9.17) is 0 Å². The van der Waals surface area contributed by atoms with Crippen LogP contribution in [0.15, 0.2) is 83.8 Å². The second-order valence-corrected chi connectivity index (χ2v) is 8.25. The number of nitrogens with one attached hydrogen (secondary N) is 1. The van der Waals surface area contributed by atoms with Gasteiger partial charge in [0.1, 0.15) is 0 Å². The van der Waals surface area contributed by atoms with Gasteiger partial charge in [0.25, 0.3) is 0 Å². The summed E-state index contributed by atoms with van der Waals surface area (Å²) in [6, 6.07) is 26.6. The Balaban J connectivity index is 1.77. The van der Waals surface area contributed by atoms with E-state index in [0.29, 0.717) is 0 Å². The molecule has 0 fully saturated rings. The minimum Gasteiger partial charge on any atom is -0.344 e. The van der Waals surface area contributed by atoms with Crippen molar-refractivity contribution in [2.24, 2.45) is 0 Å². The van der Waals surface area contributed by atoms with Crippen LogP contribution in [0.1, 0.15) is 35.2 Å². The summed E-state index contributed by atoms with van der Waals surface area (Å²) in [5.74, 6) is 0.0370. The second kappa shape index (κ2) is 8.92. The zero-order valence-corrected chi connectivity index (χ0v) is 16.8. The maximum Gasteiger partial charge on any atom is 0.233 e. The number of carbonyl (C=O) groups excluding carboxylic acids is 1. The molecule has 1 N–H and O–H groups in total. The van der Waals surface area contributed by atoms with Crippen molar-refractivity contribution in [1.29, 1.82) is 0 Å². The van der Waals surface area contributed by atoms with Crippen LogP contribution < -0.4 is 5.32 Å². The molecule has 0 aromatic heterocycles. The predicted molar refractivity (Wildman–Crippen MR) is 114 cm³/mol. The molecular weight excluding hydrogens is 350 g/mol. The average molecular weight is 376 g/mol. The van der Waals surface area contributed by atoms with E-state index in [-0.39, 0.29) is 17.2 Å². The molecule has 0 saturated carbocycles. The van der Waals surface area contributed by atoms with Crippen molar-refractivity contribution < 1.29 is 4.79 Å². The van der Waals surface area contributed by atoms with E-state index in [1.807, 2.05) is 25.1 Å². The lowest BCUT2D eigenvalue weighted by Gasteiger charge is -2.22. The monoisotopic (exact) mass is 375 g/mol. The van der Waals surface area contributed by atoms with Crippen molar-refractivity contribution in [2.45, 2.75) is 37.0 Å². The van der Waals surface area contributed by atoms with Gasteiger partial charge in [-0.1, -0.05) is 77.9 Å². The van der Waals surface area contributed by atoms with E-state index in [2.05, 4.69) is 79.8 Å². The molecule has 0 radical (unpaired) electrons. The Bertz CT molecular complexity index is 873. The molecule has 2 nitrogen and oxygen atoms in total. The molecule has 3 aromatic carbocycles. The molecule has 3 heteroatoms. The molecule has 138 valence electrons. The molecule has 3 aromatic rings. The number of carbonyl (C=O) groups is 1. The summed E-state index contributed by atoms with van der Waals surface area (Å²) < 4.78 is 0. The normalized spacial score (nSPS) is 13.0. The summed E-state index contributed by atoms with van der Waals surface area (Å²) in [6.07, 6.45) is 0. The van der Waals surface area contributed by atoms with Gasteiger partial charge < -0.3 is 5.32 Å². The standard InChI is InChI=1S/C24H25NOS/c1-17-9-13-21(14-10-17)23(20-7-5-4-6-8-20)25-24(26)19(3)27-22-15-11-18(2)12-16-22/h4-16,19,23H,1-3H3,(H,25,26)/t19-,23-/m0/s1. The number of hydrogen-bond donors (Lipinski definition) is 1. The third-order valence-electron chi connectivity index (χ3n) is 4.53. The van der Waals surface area contributed by atoms with E-state index in [1.54, 1.807) is 11.8 Å². The Morgan fingerprint density at radius 3 is 1.89 bits per heavy atom. The van der Waals surface area contributed by atoms with E-state index in [0.717, 1.165) is 16.0 Å². The summed E-state index contributed by atoms with van der Waals surface area (Å²) in [6.45, 7) is 6.09. The number of rotatable bonds is 6. The number of amides is 1. The van der Waals surface area contributed by atoms with Crippen molar-refractivity contribution in [2.75, 3.05) is 0 Å². The van der Waals surface area contributed by atoms with Crippen LogP contribution in [-0.2, 0) is 4.79 Å². The van der Waals surface area contributed by atoms with Crippen LogP contribution in [-0.4, -0.2) is 11.2 Å². The molecule has 2 atom stereocenters. The Labute approximate surface area is 166 Å². The molecule has 0 heterocycles. The molecule has 0 aliphatic carbocycles. The van der Waals surface area contributed by atoms with Crippen LogP contribution in [0.3, 0.4) is 0 Å². The van der Waals surface area contributed by atoms with Crippen LogP contribution in [0.2, 0.25) is 0 Å². The Kier molecular flexibility index (Phi) is 6.36. The zero-order chi connectivity index (χ0) is 19.2. The van der Waals surface area contributed by atoms with Gasteiger partial charge >= 0.3 is 0 Å². The third-order valence-corrected chi connectivity index (χ3v) is 5.65. The van der Waals surface area contributed by atoms with E-state index in [9.17, 15) is 4.79 Å². The minimum atomic E-state index is -0.177. The molecule has 0 saturated heterocycles. The summed E-state index contributed by atoms with van der Waals surface area (Å²) in [7, 11) is 0. The van der Waals surface area contributed by atoms with E-state index >= 15 is 0 Å². The first kappa shape index (κ1) is 19.2. The zero-order valence-electron chi connectivity index (χ0n) is 16.0. The van der Waals surface area contributed by atoms with Crippen molar-refractivity contribution in [3.05, 3.63) is 101 Å². The fraction of sp³-hybridized carbons (Fsp3) is 0.208. The summed E-state index contributed by atoms with van der Waals surface area (Å²) >= 11 is 1.58. The molecule has 0 aliphatic heterocycles. The largest absolute Gasteiger partial charge is 0.344 e. The number of thioether (sulfide) groups is 1. The molecule has 0 unspecified atom stereocenters. The Morgan fingerprint density at radius 1 is 0.778 bits per heavy atom. The fourth-order valence-electron chi connectivity index (χ4n) is 2.90. The first-order chi connectivity index (χ1) is 13.0. The topological polar surface area (TPSA) is 29.1 Å². The highest BCUT2D eigenvalue weighted by atomic mass is 32.2. The molecular formula is C24H25NOS. The van der Waals surface area contributed by atoms with Gasteiger partial charge in [-0.05, 0) is 44.0 Å². The quantitative estimate of drug-likeness (QED) is 0.561. The van der Waals surface area contributed by atoms with Gasteiger partial charge in [0.15, 0.2) is 0 Å². The maximum absolute atomic E-state index is 12.9. The maximum atomic E-state index is 12.9. The number of benzene rings is 3. The minimum absolute atomic E-state index is 0.0370. The SMILES string of the molecule is Cc1ccc(S[C@@H](C)C(=O)N[C@@H](c2ccccc2)c2ccc(C)cc2)cc1. The first-order valence-electron chi connectivity index (χ1n) is 9.18. The Morgan fingerprint density at radius 2 is 1.30 bits per heavy atom. The second-order valence-electron chi connectivity index (χ2n) is 6.84. The lowest BCUT2D eigenvalue weighted by molar-refractivity contribution is -0.120. The highest BCUT2D eigenvalue weighted by Crippen LogP contribution is 2.26. The van der Waals surface area contributed by atoms with Gasteiger partial charge in [0, 0.05) is 4.90 Å². The molecule has 0 aliphatic rings. The van der Waals surface area contributed by atoms with Crippen molar-refractivity contribution in [3.8, 4) is 0 Å². The molecule has 1 amide bonds. The average Bonchev–Trinajstić information content (AvgIpc) is 2.69. The van der Waals surface area contributed by atoms with Crippen LogP contribution in [0.25, 0.3) is 0 Å². The summed E-state index contributed by atoms with van der Waals surface area (Å²) in [5.41, 5.74) is 4.61. The smallest absolute Gasteiger partial charge is 0.233 e. The van der Waals surface area contributed by atoms with Crippen molar-refractivity contribution in [1.82, 2.24) is 5.32 Å². The Hall–Kier alpha value is -2.52. The van der Waals surface area contributed by atoms with Crippen LogP contribution in [0, 0.1) is 13.8 Å². The van der Waals surface area contributed by atoms with Crippen LogP contribution in [0.4, 0.5) is 0 Å². The van der Waals surface area contributed by atoms with Crippen molar-refractivity contribution in [3.63, 3.8) is 0 Å². The number of hydrogen-bond acceptors (Lipinski definition) is 2. The van der Waals surface area contributed by atoms with Gasteiger partial charge in [-0.2, -0.15) is 0 Å². The van der Waals surface area contributed by atoms with Crippen LogP contribution in [0.5, 0.6) is 0 Å². The highest BCUT2D eigenvalue weighted by molar-refractivity contribution is 8.00. The van der Waals surface area contributed by atoms with Gasteiger partial charge in [-0.3, -0.25) is 4.79 Å². The van der Waals surface area contributed by atoms with Crippen molar-refractivity contribution >= 4 is 17.7 Å². The lowest BCUT2D eigenvalue weighted by atomic mass is 9.97. The summed E-state index contributed by atoms with van der Waals surface area (Å²) in [5, 5.41) is 3.06. The van der Waals surface area contributed by atoms with Gasteiger partial charge in [0.2, 0.25) is 5.91 Å². The van der Waals surface area contributed by atoms with Gasteiger partial charge in [0.05, 0.1) is 11.3 Å². The molecule has 0 spiro atoms. The van der Waals surface area contributed by atoms with Gasteiger partial charge in [-0.15, -0.1) is 11.8 Å². The van der Waals surface area contributed by atoms with E-state index in [1.165, 1.54) is 11.1 Å². The molecule has 3 rings (SSSR count). The third kappa shape index (κ3) is 5.24. The van der Waals surface area contributed by atoms with E-state index < -0.39 is 0 Å². The van der Waals surface area contributed by atoms with Gasteiger partial charge in [-0.25, -0.2) is 0 Å². The number of aryl methyl sites for hydroxylation is 2. The molecule has 0 bridgehead atoms. The highest BCUT2D eigenvalue weighted by Gasteiger charge is 2.21. The molecule has 27 heavy (non-hydrogen) atoms. The predicted octanol–water partition coefficient (Wildman–Crippen LogP) is 5.69. The first-order valence-corrected chi connectivity index (χ1v) is 10.1.